The predicted molar refractivity (Wildman–Crippen MR) is 91.1 cm³/mol. The van der Waals surface area contributed by atoms with Gasteiger partial charge in [-0.3, -0.25) is 14.5 Å². The van der Waals surface area contributed by atoms with E-state index in [4.69, 9.17) is 0 Å². The monoisotopic (exact) mass is 317 g/mol. The molecule has 1 aliphatic rings. The molecule has 1 atom stereocenters. The number of carbonyl (C=O) groups is 2. The van der Waals surface area contributed by atoms with Gasteiger partial charge in [0.05, 0.1) is 13.1 Å². The largest absolute Gasteiger partial charge is 0.355 e. The van der Waals surface area contributed by atoms with E-state index in [0.29, 0.717) is 13.1 Å². The van der Waals surface area contributed by atoms with Crippen LogP contribution in [0.25, 0.3) is 0 Å². The van der Waals surface area contributed by atoms with E-state index in [9.17, 15) is 9.59 Å². The first-order valence-electron chi connectivity index (χ1n) is 8.43. The van der Waals surface area contributed by atoms with Gasteiger partial charge in [0.25, 0.3) is 0 Å². The fraction of sp³-hybridized carbons (Fsp3) is 0.556. The summed E-state index contributed by atoms with van der Waals surface area (Å²) >= 11 is 0. The van der Waals surface area contributed by atoms with Crippen molar-refractivity contribution in [2.45, 2.75) is 38.6 Å². The standard InChI is InChI=1S/C18H27N3O2/c1-3-11-19-17(22)12-20-18(23)13-21(2)16-10-6-8-14-7-4-5-9-15(14)16/h4-5,7,9,16H,3,6,8,10-13H2,1-2H3,(H,19,22)(H,20,23)/t16-/m1/s1. The van der Waals surface area contributed by atoms with Crippen molar-refractivity contribution in [2.24, 2.45) is 0 Å². The third-order valence-electron chi connectivity index (χ3n) is 4.28. The van der Waals surface area contributed by atoms with Crippen molar-refractivity contribution in [1.82, 2.24) is 15.5 Å². The number of hydrogen-bond donors (Lipinski definition) is 2. The normalized spacial score (nSPS) is 16.7. The zero-order valence-corrected chi connectivity index (χ0v) is 14.1. The number of fused-ring (bicyclic) bond motifs is 1. The molecule has 0 spiro atoms. The number of aryl methyl sites for hydroxylation is 1. The number of rotatable bonds is 7. The first kappa shape index (κ1) is 17.5. The highest BCUT2D eigenvalue weighted by molar-refractivity contribution is 5.85. The Balaban J connectivity index is 1.84. The van der Waals surface area contributed by atoms with Gasteiger partial charge in [-0.05, 0) is 43.9 Å². The van der Waals surface area contributed by atoms with Gasteiger partial charge >= 0.3 is 0 Å². The average molecular weight is 317 g/mol. The molecule has 1 aliphatic carbocycles. The zero-order valence-electron chi connectivity index (χ0n) is 14.1. The number of amides is 2. The quantitative estimate of drug-likeness (QED) is 0.804. The van der Waals surface area contributed by atoms with Crippen molar-refractivity contribution in [2.75, 3.05) is 26.7 Å². The maximum Gasteiger partial charge on any atom is 0.239 e. The van der Waals surface area contributed by atoms with Crippen LogP contribution in [-0.2, 0) is 16.0 Å². The molecule has 2 N–H and O–H groups in total. The molecule has 0 aromatic heterocycles. The van der Waals surface area contributed by atoms with Crippen LogP contribution in [0.15, 0.2) is 24.3 Å². The molecule has 1 aromatic carbocycles. The molecular formula is C18H27N3O2. The zero-order chi connectivity index (χ0) is 16.7. The number of carbonyl (C=O) groups excluding carboxylic acids is 2. The van der Waals surface area contributed by atoms with Crippen LogP contribution in [-0.4, -0.2) is 43.4 Å². The van der Waals surface area contributed by atoms with E-state index in [1.54, 1.807) is 0 Å². The Morgan fingerprint density at radius 2 is 2.00 bits per heavy atom. The van der Waals surface area contributed by atoms with Crippen LogP contribution in [0.4, 0.5) is 0 Å². The van der Waals surface area contributed by atoms with Crippen LogP contribution in [0.5, 0.6) is 0 Å². The molecule has 0 aliphatic heterocycles. The fourth-order valence-corrected chi connectivity index (χ4v) is 3.08. The van der Waals surface area contributed by atoms with Crippen molar-refractivity contribution >= 4 is 11.8 Å². The minimum absolute atomic E-state index is 0.0495. The molecule has 126 valence electrons. The lowest BCUT2D eigenvalue weighted by Gasteiger charge is -2.32. The van der Waals surface area contributed by atoms with Crippen molar-refractivity contribution in [3.63, 3.8) is 0 Å². The second kappa shape index (κ2) is 8.67. The lowest BCUT2D eigenvalue weighted by atomic mass is 9.87. The highest BCUT2D eigenvalue weighted by Crippen LogP contribution is 2.33. The second-order valence-corrected chi connectivity index (χ2v) is 6.15. The average Bonchev–Trinajstić information content (AvgIpc) is 2.57. The predicted octanol–water partition coefficient (Wildman–Crippen LogP) is 1.64. The van der Waals surface area contributed by atoms with E-state index in [0.717, 1.165) is 25.7 Å². The van der Waals surface area contributed by atoms with E-state index in [1.165, 1.54) is 11.1 Å². The number of likely N-dealkylation sites (N-methyl/N-ethyl adjacent to an activating group) is 1. The molecular weight excluding hydrogens is 290 g/mol. The summed E-state index contributed by atoms with van der Waals surface area (Å²) in [5.41, 5.74) is 2.71. The molecule has 0 saturated heterocycles. The van der Waals surface area contributed by atoms with Gasteiger partial charge in [0.1, 0.15) is 0 Å². The van der Waals surface area contributed by atoms with E-state index in [2.05, 4.69) is 39.8 Å². The lowest BCUT2D eigenvalue weighted by Crippen LogP contribution is -2.42. The molecule has 5 nitrogen and oxygen atoms in total. The Morgan fingerprint density at radius 1 is 1.22 bits per heavy atom. The fourth-order valence-electron chi connectivity index (χ4n) is 3.08. The van der Waals surface area contributed by atoms with Gasteiger partial charge < -0.3 is 10.6 Å². The summed E-state index contributed by atoms with van der Waals surface area (Å²) in [6.07, 6.45) is 4.22. The number of benzene rings is 1. The summed E-state index contributed by atoms with van der Waals surface area (Å²) < 4.78 is 0. The molecule has 2 rings (SSSR count). The van der Waals surface area contributed by atoms with Crippen LogP contribution in [0.1, 0.15) is 43.4 Å². The highest BCUT2D eigenvalue weighted by atomic mass is 16.2. The molecule has 23 heavy (non-hydrogen) atoms. The summed E-state index contributed by atoms with van der Waals surface area (Å²) in [7, 11) is 1.98. The smallest absolute Gasteiger partial charge is 0.239 e. The van der Waals surface area contributed by atoms with E-state index in [-0.39, 0.29) is 24.4 Å². The summed E-state index contributed by atoms with van der Waals surface area (Å²) in [4.78, 5) is 25.7. The molecule has 0 unspecified atom stereocenters. The van der Waals surface area contributed by atoms with Crippen LogP contribution < -0.4 is 10.6 Å². The van der Waals surface area contributed by atoms with Crippen molar-refractivity contribution < 1.29 is 9.59 Å². The number of nitrogens with one attached hydrogen (secondary N) is 2. The Hall–Kier alpha value is -1.88. The molecule has 0 radical (unpaired) electrons. The maximum atomic E-state index is 12.1. The minimum Gasteiger partial charge on any atom is -0.355 e. The SMILES string of the molecule is CCCNC(=O)CNC(=O)CN(C)[C@@H]1CCCc2ccccc21. The van der Waals surface area contributed by atoms with E-state index < -0.39 is 0 Å². The molecule has 5 heteroatoms. The van der Waals surface area contributed by atoms with Crippen molar-refractivity contribution in [3.8, 4) is 0 Å². The summed E-state index contributed by atoms with van der Waals surface area (Å²) in [5.74, 6) is -0.243. The molecule has 0 fully saturated rings. The molecule has 2 amide bonds. The summed E-state index contributed by atoms with van der Waals surface area (Å²) in [6.45, 7) is 3.00. The Kier molecular flexibility index (Phi) is 6.59. The molecule has 0 bridgehead atoms. The molecule has 0 heterocycles. The molecule has 1 aromatic rings. The van der Waals surface area contributed by atoms with Crippen LogP contribution >= 0.6 is 0 Å². The third-order valence-corrected chi connectivity index (χ3v) is 4.28. The van der Waals surface area contributed by atoms with Gasteiger partial charge in [-0.25, -0.2) is 0 Å². The Morgan fingerprint density at radius 3 is 2.78 bits per heavy atom. The maximum absolute atomic E-state index is 12.1. The Labute approximate surface area is 138 Å². The van der Waals surface area contributed by atoms with Crippen molar-refractivity contribution in [1.29, 1.82) is 0 Å². The van der Waals surface area contributed by atoms with Gasteiger partial charge in [-0.15, -0.1) is 0 Å². The lowest BCUT2D eigenvalue weighted by molar-refractivity contribution is -0.126. The van der Waals surface area contributed by atoms with E-state index >= 15 is 0 Å². The van der Waals surface area contributed by atoms with Gasteiger partial charge in [-0.1, -0.05) is 31.2 Å². The minimum atomic E-state index is -0.133. The third kappa shape index (κ3) is 5.06. The topological polar surface area (TPSA) is 61.4 Å². The number of hydrogen-bond acceptors (Lipinski definition) is 3. The summed E-state index contributed by atoms with van der Waals surface area (Å²) in [6, 6.07) is 8.74. The first-order valence-corrected chi connectivity index (χ1v) is 8.43. The van der Waals surface area contributed by atoms with Gasteiger partial charge in [0.2, 0.25) is 11.8 Å². The molecule has 0 saturated carbocycles. The van der Waals surface area contributed by atoms with Crippen LogP contribution in [0.2, 0.25) is 0 Å². The van der Waals surface area contributed by atoms with Gasteiger partial charge in [0.15, 0.2) is 0 Å². The first-order chi connectivity index (χ1) is 11.1. The van der Waals surface area contributed by atoms with Crippen LogP contribution in [0, 0.1) is 0 Å². The summed E-state index contributed by atoms with van der Waals surface area (Å²) in [5, 5.41) is 5.44. The highest BCUT2D eigenvalue weighted by Gasteiger charge is 2.24. The van der Waals surface area contributed by atoms with E-state index in [1.807, 2.05) is 14.0 Å². The number of nitrogens with zero attached hydrogens (tertiary/aromatic N) is 1. The second-order valence-electron chi connectivity index (χ2n) is 6.15. The van der Waals surface area contributed by atoms with Crippen molar-refractivity contribution in [3.05, 3.63) is 35.4 Å². The van der Waals surface area contributed by atoms with Crippen LogP contribution in [0.3, 0.4) is 0 Å². The van der Waals surface area contributed by atoms with Gasteiger partial charge in [0, 0.05) is 12.6 Å². The van der Waals surface area contributed by atoms with Gasteiger partial charge in [-0.2, -0.15) is 0 Å². The Bertz CT molecular complexity index is 545.